The lowest BCUT2D eigenvalue weighted by Gasteiger charge is -2.24. The van der Waals surface area contributed by atoms with Crippen LogP contribution in [-0.4, -0.2) is 43.6 Å². The van der Waals surface area contributed by atoms with Crippen molar-refractivity contribution in [1.82, 2.24) is 14.6 Å². The molecule has 0 spiro atoms. The van der Waals surface area contributed by atoms with Crippen LogP contribution < -0.4 is 15.4 Å². The molecule has 2 heterocycles. The third kappa shape index (κ3) is 4.22. The predicted molar refractivity (Wildman–Crippen MR) is 117 cm³/mol. The number of fused-ring (bicyclic) bond motifs is 1. The molecule has 2 amide bonds. The van der Waals surface area contributed by atoms with E-state index in [1.807, 2.05) is 12.1 Å². The summed E-state index contributed by atoms with van der Waals surface area (Å²) in [5, 5.41) is 6.31. The van der Waals surface area contributed by atoms with Crippen LogP contribution >= 0.6 is 22.9 Å². The number of urea groups is 1. The van der Waals surface area contributed by atoms with Gasteiger partial charge in [-0.25, -0.2) is 18.2 Å². The number of halogens is 1. The van der Waals surface area contributed by atoms with Gasteiger partial charge in [-0.15, -0.1) is 0 Å². The minimum Gasteiger partial charge on any atom is -0.497 e. The number of benzene rings is 2. The van der Waals surface area contributed by atoms with E-state index in [0.717, 1.165) is 10.2 Å². The van der Waals surface area contributed by atoms with Gasteiger partial charge in [0.15, 0.2) is 5.13 Å². The van der Waals surface area contributed by atoms with Crippen LogP contribution in [0.2, 0.25) is 5.02 Å². The molecule has 0 bridgehead atoms. The van der Waals surface area contributed by atoms with Crippen LogP contribution in [-0.2, 0) is 10.0 Å². The summed E-state index contributed by atoms with van der Waals surface area (Å²) in [5.41, 5.74) is 0.740. The molecule has 1 atom stereocenters. The fourth-order valence-electron chi connectivity index (χ4n) is 3.28. The Bertz CT molecular complexity index is 1180. The number of thiazole rings is 1. The number of sulfonamides is 1. The highest BCUT2D eigenvalue weighted by Crippen LogP contribution is 2.29. The number of nitrogens with one attached hydrogen (secondary N) is 2. The number of rotatable bonds is 5. The van der Waals surface area contributed by atoms with Gasteiger partial charge in [0.25, 0.3) is 0 Å². The van der Waals surface area contributed by atoms with E-state index in [1.165, 1.54) is 39.9 Å². The van der Waals surface area contributed by atoms with Gasteiger partial charge in [-0.05, 0) is 55.3 Å². The highest BCUT2D eigenvalue weighted by Gasteiger charge is 2.36. The Morgan fingerprint density at radius 3 is 2.77 bits per heavy atom. The summed E-state index contributed by atoms with van der Waals surface area (Å²) >= 11 is 7.17. The number of hydrogen-bond donors (Lipinski definition) is 2. The van der Waals surface area contributed by atoms with E-state index in [0.29, 0.717) is 35.3 Å². The molecule has 4 rings (SSSR count). The van der Waals surface area contributed by atoms with Crippen LogP contribution in [0.4, 0.5) is 9.93 Å². The highest BCUT2D eigenvalue weighted by atomic mass is 35.5. The van der Waals surface area contributed by atoms with Crippen molar-refractivity contribution in [3.8, 4) is 5.75 Å². The standard InChI is InChI=1S/C19H19ClN4O4S2/c1-28-13-6-9-15-16(11-13)29-19(21-15)23-18(25)22-17-3-2-10-24(17)30(26,27)14-7-4-12(20)5-8-14/h4-9,11,17H,2-3,10H2,1H3,(H2,21,22,23,25). The predicted octanol–water partition coefficient (Wildman–Crippen LogP) is 3.89. The molecule has 2 aromatic carbocycles. The maximum atomic E-state index is 13.0. The van der Waals surface area contributed by atoms with Crippen LogP contribution in [0.15, 0.2) is 47.4 Å². The Morgan fingerprint density at radius 1 is 1.27 bits per heavy atom. The minimum absolute atomic E-state index is 0.140. The van der Waals surface area contributed by atoms with E-state index in [2.05, 4.69) is 15.6 Å². The Morgan fingerprint density at radius 2 is 2.03 bits per heavy atom. The van der Waals surface area contributed by atoms with Crippen LogP contribution in [0.3, 0.4) is 0 Å². The molecule has 2 N–H and O–H groups in total. The van der Waals surface area contributed by atoms with Crippen molar-refractivity contribution >= 4 is 54.3 Å². The average Bonchev–Trinajstić information content (AvgIpc) is 3.34. The summed E-state index contributed by atoms with van der Waals surface area (Å²) in [6, 6.07) is 10.9. The Hall–Kier alpha value is -2.40. The van der Waals surface area contributed by atoms with Gasteiger partial charge in [-0.2, -0.15) is 4.31 Å². The van der Waals surface area contributed by atoms with Gasteiger partial charge in [0.05, 0.1) is 28.4 Å². The van der Waals surface area contributed by atoms with Gasteiger partial charge < -0.3 is 10.1 Å². The lowest BCUT2D eigenvalue weighted by Crippen LogP contribution is -2.48. The topological polar surface area (TPSA) is 101 Å². The van der Waals surface area contributed by atoms with Crippen molar-refractivity contribution in [2.24, 2.45) is 0 Å². The second-order valence-corrected chi connectivity index (χ2v) is 10.0. The first-order valence-electron chi connectivity index (χ1n) is 9.16. The van der Waals surface area contributed by atoms with Gasteiger partial charge in [0.1, 0.15) is 5.75 Å². The molecule has 0 saturated carbocycles. The van der Waals surface area contributed by atoms with Crippen LogP contribution in [0.5, 0.6) is 5.75 Å². The summed E-state index contributed by atoms with van der Waals surface area (Å²) in [4.78, 5) is 17.0. The number of carbonyl (C=O) groups excluding carboxylic acids is 1. The molecule has 11 heteroatoms. The van der Waals surface area contributed by atoms with Crippen molar-refractivity contribution in [2.45, 2.75) is 23.9 Å². The molecule has 0 radical (unpaired) electrons. The molecule has 30 heavy (non-hydrogen) atoms. The molecule has 1 aliphatic heterocycles. The fraction of sp³-hybridized carbons (Fsp3) is 0.263. The largest absolute Gasteiger partial charge is 0.497 e. The van der Waals surface area contributed by atoms with Crippen molar-refractivity contribution < 1.29 is 17.9 Å². The third-order valence-electron chi connectivity index (χ3n) is 4.74. The first-order chi connectivity index (χ1) is 14.4. The molecule has 1 saturated heterocycles. The number of carbonyl (C=O) groups is 1. The van der Waals surface area contributed by atoms with Gasteiger partial charge in [-0.1, -0.05) is 22.9 Å². The molecule has 158 valence electrons. The number of methoxy groups -OCH3 is 1. The monoisotopic (exact) mass is 466 g/mol. The normalized spacial score (nSPS) is 17.2. The number of ether oxygens (including phenoxy) is 1. The maximum Gasteiger partial charge on any atom is 0.322 e. The van der Waals surface area contributed by atoms with Crippen LogP contribution in [0.25, 0.3) is 10.2 Å². The van der Waals surface area contributed by atoms with E-state index in [1.54, 1.807) is 13.2 Å². The van der Waals surface area contributed by atoms with Gasteiger partial charge in [0, 0.05) is 11.6 Å². The molecule has 1 unspecified atom stereocenters. The molecule has 3 aromatic rings. The Kier molecular flexibility index (Phi) is 5.83. The zero-order chi connectivity index (χ0) is 21.3. The van der Waals surface area contributed by atoms with Crippen LogP contribution in [0, 0.1) is 0 Å². The van der Waals surface area contributed by atoms with Crippen molar-refractivity contribution in [3.63, 3.8) is 0 Å². The highest BCUT2D eigenvalue weighted by molar-refractivity contribution is 7.89. The maximum absolute atomic E-state index is 13.0. The second-order valence-electron chi connectivity index (χ2n) is 6.68. The number of amides is 2. The van der Waals surface area contributed by atoms with Gasteiger partial charge in [0.2, 0.25) is 10.0 Å². The second kappa shape index (κ2) is 8.38. The molecular weight excluding hydrogens is 448 g/mol. The summed E-state index contributed by atoms with van der Waals surface area (Å²) in [6.07, 6.45) is 0.538. The lowest BCUT2D eigenvalue weighted by molar-refractivity contribution is 0.240. The van der Waals surface area contributed by atoms with E-state index in [-0.39, 0.29) is 4.90 Å². The zero-order valence-corrected chi connectivity index (χ0v) is 18.4. The molecule has 0 aliphatic carbocycles. The zero-order valence-electron chi connectivity index (χ0n) is 16.0. The summed E-state index contributed by atoms with van der Waals surface area (Å²) < 4.78 is 33.3. The van der Waals surface area contributed by atoms with Gasteiger partial charge in [-0.3, -0.25) is 5.32 Å². The van der Waals surface area contributed by atoms with Gasteiger partial charge >= 0.3 is 6.03 Å². The molecule has 1 fully saturated rings. The van der Waals surface area contributed by atoms with E-state index in [9.17, 15) is 13.2 Å². The quantitative estimate of drug-likeness (QED) is 0.594. The first kappa shape index (κ1) is 20.9. The molecule has 8 nitrogen and oxygen atoms in total. The van der Waals surface area contributed by atoms with E-state index in [4.69, 9.17) is 16.3 Å². The van der Waals surface area contributed by atoms with E-state index >= 15 is 0 Å². The summed E-state index contributed by atoms with van der Waals surface area (Å²) in [7, 11) is -2.16. The summed E-state index contributed by atoms with van der Waals surface area (Å²) in [6.45, 7) is 0.330. The number of hydrogen-bond acceptors (Lipinski definition) is 6. The molecule has 1 aliphatic rings. The number of nitrogens with zero attached hydrogens (tertiary/aromatic N) is 2. The molecule has 1 aromatic heterocycles. The third-order valence-corrected chi connectivity index (χ3v) is 7.85. The number of anilines is 1. The fourth-order valence-corrected chi connectivity index (χ4v) is 5.91. The minimum atomic E-state index is -3.75. The Labute approximate surface area is 182 Å². The smallest absolute Gasteiger partial charge is 0.322 e. The van der Waals surface area contributed by atoms with E-state index < -0.39 is 22.2 Å². The molecular formula is C19H19ClN4O4S2. The van der Waals surface area contributed by atoms with Crippen molar-refractivity contribution in [1.29, 1.82) is 0 Å². The van der Waals surface area contributed by atoms with Crippen LogP contribution in [0.1, 0.15) is 12.8 Å². The van der Waals surface area contributed by atoms with Crippen molar-refractivity contribution in [3.05, 3.63) is 47.5 Å². The first-order valence-corrected chi connectivity index (χ1v) is 11.8. The lowest BCUT2D eigenvalue weighted by atomic mass is 10.3. The number of aromatic nitrogens is 1. The Balaban J connectivity index is 1.46. The SMILES string of the molecule is COc1ccc2nc(NC(=O)NC3CCCN3S(=O)(=O)c3ccc(Cl)cc3)sc2c1. The average molecular weight is 467 g/mol. The van der Waals surface area contributed by atoms with Crippen molar-refractivity contribution in [2.75, 3.05) is 19.0 Å². The summed E-state index contributed by atoms with van der Waals surface area (Å²) in [5.74, 6) is 0.705.